The molecule has 0 amide bonds. The van der Waals surface area contributed by atoms with E-state index in [0.29, 0.717) is 24.2 Å². The zero-order valence-electron chi connectivity index (χ0n) is 21.6. The number of halogens is 3. The lowest BCUT2D eigenvalue weighted by Gasteiger charge is -2.34. The van der Waals surface area contributed by atoms with E-state index in [9.17, 15) is 8.78 Å². The highest BCUT2D eigenvalue weighted by molar-refractivity contribution is 5.16. The highest BCUT2D eigenvalue weighted by Gasteiger charge is 2.36. The van der Waals surface area contributed by atoms with Crippen LogP contribution >= 0.6 is 0 Å². The number of hydrogen-bond acceptors (Lipinski definition) is 0. The second-order valence-corrected chi connectivity index (χ2v) is 11.5. The molecular weight excluding hydrogens is 429 g/mol. The quantitative estimate of drug-likeness (QED) is 0.260. The van der Waals surface area contributed by atoms with E-state index in [1.165, 1.54) is 12.8 Å². The zero-order valence-corrected chi connectivity index (χ0v) is 21.6. The van der Waals surface area contributed by atoms with Crippen LogP contribution in [-0.2, 0) is 0 Å². The minimum Gasteiger partial charge on any atom is -0.212 e. The summed E-state index contributed by atoms with van der Waals surface area (Å²) < 4.78 is 44.2. The normalized spacial score (nSPS) is 33.7. The minimum atomic E-state index is -0.442. The summed E-state index contributed by atoms with van der Waals surface area (Å²) in [5.74, 6) is 0.537. The van der Waals surface area contributed by atoms with Crippen molar-refractivity contribution in [2.24, 2.45) is 41.4 Å². The molecule has 34 heavy (non-hydrogen) atoms. The van der Waals surface area contributed by atoms with E-state index in [1.807, 2.05) is 6.92 Å². The van der Waals surface area contributed by atoms with E-state index in [-0.39, 0.29) is 29.5 Å². The van der Waals surface area contributed by atoms with Crippen molar-refractivity contribution in [2.75, 3.05) is 0 Å². The third-order valence-electron chi connectivity index (χ3n) is 8.94. The Bertz CT molecular complexity index is 725. The third-order valence-corrected chi connectivity index (χ3v) is 8.94. The molecule has 3 aliphatic rings. The second kappa shape index (κ2) is 13.7. The first kappa shape index (κ1) is 27.3. The SMILES string of the molecule is C=CC[C@H](C)/C(F)=C\CC1CCC(CC[C@H]2CC[C@@H]([C@@H]3C=C[C@H](CCC)CC3)C(F)=C2F)CC1. The summed E-state index contributed by atoms with van der Waals surface area (Å²) in [5.41, 5.74) is 0. The van der Waals surface area contributed by atoms with Gasteiger partial charge in [0.05, 0.1) is 5.83 Å². The smallest absolute Gasteiger partial charge is 0.135 e. The average molecular weight is 477 g/mol. The Morgan fingerprint density at radius 1 is 0.941 bits per heavy atom. The summed E-state index contributed by atoms with van der Waals surface area (Å²) in [7, 11) is 0. The van der Waals surface area contributed by atoms with Gasteiger partial charge < -0.3 is 0 Å². The van der Waals surface area contributed by atoms with E-state index in [0.717, 1.165) is 70.6 Å². The molecule has 1 saturated carbocycles. The molecule has 3 heteroatoms. The van der Waals surface area contributed by atoms with Crippen LogP contribution in [-0.4, -0.2) is 0 Å². The van der Waals surface area contributed by atoms with Crippen molar-refractivity contribution >= 4 is 0 Å². The van der Waals surface area contributed by atoms with Gasteiger partial charge in [0, 0.05) is 17.8 Å². The van der Waals surface area contributed by atoms with Crippen LogP contribution in [0.15, 0.2) is 48.4 Å². The second-order valence-electron chi connectivity index (χ2n) is 11.5. The van der Waals surface area contributed by atoms with Crippen LogP contribution in [0.3, 0.4) is 0 Å². The molecule has 0 aliphatic heterocycles. The Hall–Kier alpha value is -1.25. The van der Waals surface area contributed by atoms with E-state index >= 15 is 4.39 Å². The van der Waals surface area contributed by atoms with Gasteiger partial charge in [-0.15, -0.1) is 6.58 Å². The van der Waals surface area contributed by atoms with Gasteiger partial charge in [-0.2, -0.15) is 0 Å². The van der Waals surface area contributed by atoms with E-state index in [4.69, 9.17) is 0 Å². The molecule has 0 N–H and O–H groups in total. The highest BCUT2D eigenvalue weighted by atomic mass is 19.2. The van der Waals surface area contributed by atoms with Crippen molar-refractivity contribution in [3.8, 4) is 0 Å². The van der Waals surface area contributed by atoms with E-state index in [1.54, 1.807) is 12.2 Å². The molecule has 0 bridgehead atoms. The molecule has 0 unspecified atom stereocenters. The summed E-state index contributed by atoms with van der Waals surface area (Å²) in [5, 5.41) is 0. The Labute approximate surface area is 206 Å². The first-order chi connectivity index (χ1) is 16.4. The minimum absolute atomic E-state index is 0.00795. The molecule has 0 saturated heterocycles. The van der Waals surface area contributed by atoms with Crippen molar-refractivity contribution in [3.63, 3.8) is 0 Å². The Morgan fingerprint density at radius 2 is 1.68 bits per heavy atom. The van der Waals surface area contributed by atoms with Gasteiger partial charge in [0.1, 0.15) is 11.7 Å². The van der Waals surface area contributed by atoms with Crippen LogP contribution in [0.2, 0.25) is 0 Å². The topological polar surface area (TPSA) is 0 Å². The molecule has 0 nitrogen and oxygen atoms in total. The molecule has 3 rings (SSSR count). The van der Waals surface area contributed by atoms with Gasteiger partial charge in [0.2, 0.25) is 0 Å². The van der Waals surface area contributed by atoms with Crippen LogP contribution in [0.1, 0.15) is 104 Å². The average Bonchev–Trinajstić information content (AvgIpc) is 2.85. The van der Waals surface area contributed by atoms with Gasteiger partial charge in [0.15, 0.2) is 0 Å². The van der Waals surface area contributed by atoms with Gasteiger partial charge in [-0.3, -0.25) is 0 Å². The molecule has 0 spiro atoms. The molecule has 0 aromatic carbocycles. The molecule has 192 valence electrons. The molecule has 0 heterocycles. The molecular formula is C31H47F3. The molecule has 1 fully saturated rings. The van der Waals surface area contributed by atoms with Gasteiger partial charge in [0.25, 0.3) is 0 Å². The summed E-state index contributed by atoms with van der Waals surface area (Å²) in [6.45, 7) is 7.80. The van der Waals surface area contributed by atoms with E-state index < -0.39 is 11.7 Å². The fourth-order valence-corrected chi connectivity index (χ4v) is 6.56. The van der Waals surface area contributed by atoms with Crippen molar-refractivity contribution in [1.29, 1.82) is 0 Å². The lowest BCUT2D eigenvalue weighted by Crippen LogP contribution is -2.25. The van der Waals surface area contributed by atoms with Gasteiger partial charge in [-0.25, -0.2) is 13.2 Å². The number of rotatable bonds is 11. The summed E-state index contributed by atoms with van der Waals surface area (Å²) in [6, 6.07) is 0. The first-order valence-electron chi connectivity index (χ1n) is 14.1. The largest absolute Gasteiger partial charge is 0.212 e. The maximum absolute atomic E-state index is 15.0. The number of allylic oxidation sites excluding steroid dienone is 7. The lowest BCUT2D eigenvalue weighted by molar-refractivity contribution is 0.211. The predicted octanol–water partition coefficient (Wildman–Crippen LogP) is 10.6. The van der Waals surface area contributed by atoms with Crippen LogP contribution in [0.5, 0.6) is 0 Å². The lowest BCUT2D eigenvalue weighted by atomic mass is 9.72. The third kappa shape index (κ3) is 7.62. The van der Waals surface area contributed by atoms with Gasteiger partial charge in [-0.05, 0) is 94.3 Å². The monoisotopic (exact) mass is 476 g/mol. The summed E-state index contributed by atoms with van der Waals surface area (Å²) >= 11 is 0. The van der Waals surface area contributed by atoms with Crippen LogP contribution in [0.4, 0.5) is 13.2 Å². The molecule has 3 aliphatic carbocycles. The van der Waals surface area contributed by atoms with Crippen LogP contribution in [0, 0.1) is 41.4 Å². The standard InChI is InChI=1S/C31H47F3/c1-4-6-22(3)29(32)21-15-25-10-8-24(9-11-25)14-18-27-19-20-28(31(34)30(27)33)26-16-12-23(7-5-2)13-17-26/h4,12,16,21-28H,1,5-11,13-15,17-20H2,2-3H3/b29-21+/t22-,23-,24?,25?,26+,27-,28-/m0/s1. The molecule has 0 radical (unpaired) electrons. The van der Waals surface area contributed by atoms with Crippen LogP contribution < -0.4 is 0 Å². The zero-order chi connectivity index (χ0) is 24.5. The fraction of sp³-hybridized carbons (Fsp3) is 0.742. The number of hydrogen-bond donors (Lipinski definition) is 0. The van der Waals surface area contributed by atoms with Gasteiger partial charge >= 0.3 is 0 Å². The van der Waals surface area contributed by atoms with Crippen LogP contribution in [0.25, 0.3) is 0 Å². The molecule has 5 atom stereocenters. The Kier molecular flexibility index (Phi) is 11.0. The Balaban J connectivity index is 1.41. The van der Waals surface area contributed by atoms with Crippen molar-refractivity contribution in [2.45, 2.75) is 104 Å². The van der Waals surface area contributed by atoms with E-state index in [2.05, 4.69) is 25.7 Å². The van der Waals surface area contributed by atoms with Crippen molar-refractivity contribution < 1.29 is 13.2 Å². The summed E-state index contributed by atoms with van der Waals surface area (Å²) in [6.07, 6.45) is 21.8. The Morgan fingerprint density at radius 3 is 2.32 bits per heavy atom. The van der Waals surface area contributed by atoms with Gasteiger partial charge in [-0.1, -0.05) is 57.4 Å². The maximum Gasteiger partial charge on any atom is 0.135 e. The fourth-order valence-electron chi connectivity index (χ4n) is 6.56. The summed E-state index contributed by atoms with van der Waals surface area (Å²) in [4.78, 5) is 0. The molecule has 0 aromatic rings. The maximum atomic E-state index is 15.0. The molecule has 0 aromatic heterocycles. The first-order valence-corrected chi connectivity index (χ1v) is 14.1. The highest BCUT2D eigenvalue weighted by Crippen LogP contribution is 2.45. The van der Waals surface area contributed by atoms with Crippen molar-refractivity contribution in [1.82, 2.24) is 0 Å². The van der Waals surface area contributed by atoms with Crippen molar-refractivity contribution in [3.05, 3.63) is 48.4 Å². The predicted molar refractivity (Wildman–Crippen MR) is 138 cm³/mol.